The standard InChI is InChI=1S/C14H20N2O3/c1-9-3-10(2)5-11(4-9)19-7-13-12(14(17)18)6-15-8-16-13/h6,8-11H,3-5,7H2,1-2H3,(H,17,18). The van der Waals surface area contributed by atoms with Gasteiger partial charge in [0.15, 0.2) is 0 Å². The Morgan fingerprint density at radius 1 is 1.37 bits per heavy atom. The highest BCUT2D eigenvalue weighted by Gasteiger charge is 2.25. The fourth-order valence-electron chi connectivity index (χ4n) is 2.85. The number of rotatable bonds is 4. The van der Waals surface area contributed by atoms with Crippen LogP contribution in [0.1, 0.15) is 49.2 Å². The Balaban J connectivity index is 1.97. The Morgan fingerprint density at radius 2 is 2.05 bits per heavy atom. The van der Waals surface area contributed by atoms with Crippen LogP contribution in [0.3, 0.4) is 0 Å². The van der Waals surface area contributed by atoms with Crippen molar-refractivity contribution < 1.29 is 14.6 Å². The molecule has 19 heavy (non-hydrogen) atoms. The van der Waals surface area contributed by atoms with Crippen LogP contribution in [0.25, 0.3) is 0 Å². The second-order valence-corrected chi connectivity index (χ2v) is 5.54. The molecule has 1 fully saturated rings. The molecule has 1 saturated carbocycles. The van der Waals surface area contributed by atoms with Gasteiger partial charge in [0.2, 0.25) is 0 Å². The largest absolute Gasteiger partial charge is 0.478 e. The molecule has 1 aliphatic rings. The minimum absolute atomic E-state index is 0.124. The van der Waals surface area contributed by atoms with Crippen molar-refractivity contribution in [3.63, 3.8) is 0 Å². The van der Waals surface area contributed by atoms with Crippen LogP contribution in [-0.4, -0.2) is 27.1 Å². The van der Waals surface area contributed by atoms with Gasteiger partial charge in [0, 0.05) is 6.20 Å². The van der Waals surface area contributed by atoms with E-state index in [1.165, 1.54) is 18.9 Å². The fourth-order valence-corrected chi connectivity index (χ4v) is 2.85. The maximum atomic E-state index is 11.0. The Labute approximate surface area is 113 Å². The van der Waals surface area contributed by atoms with E-state index >= 15 is 0 Å². The molecule has 5 nitrogen and oxygen atoms in total. The molecule has 0 saturated heterocycles. The van der Waals surface area contributed by atoms with Crippen LogP contribution < -0.4 is 0 Å². The van der Waals surface area contributed by atoms with E-state index in [1.54, 1.807) is 0 Å². The first-order valence-corrected chi connectivity index (χ1v) is 6.70. The lowest BCUT2D eigenvalue weighted by Gasteiger charge is -2.31. The molecule has 2 atom stereocenters. The molecule has 0 aromatic carbocycles. The molecule has 2 rings (SSSR count). The Morgan fingerprint density at radius 3 is 2.68 bits per heavy atom. The van der Waals surface area contributed by atoms with Crippen molar-refractivity contribution in [2.24, 2.45) is 11.8 Å². The van der Waals surface area contributed by atoms with E-state index in [0.717, 1.165) is 12.8 Å². The van der Waals surface area contributed by atoms with Gasteiger partial charge in [-0.15, -0.1) is 0 Å². The van der Waals surface area contributed by atoms with Gasteiger partial charge >= 0.3 is 5.97 Å². The Kier molecular flexibility index (Phi) is 4.47. The zero-order valence-corrected chi connectivity index (χ0v) is 11.4. The summed E-state index contributed by atoms with van der Waals surface area (Å²) in [4.78, 5) is 18.8. The minimum atomic E-state index is -1.01. The lowest BCUT2D eigenvalue weighted by Crippen LogP contribution is -2.26. The van der Waals surface area contributed by atoms with Gasteiger partial charge in [-0.1, -0.05) is 13.8 Å². The first-order valence-electron chi connectivity index (χ1n) is 6.70. The highest BCUT2D eigenvalue weighted by Crippen LogP contribution is 2.30. The summed E-state index contributed by atoms with van der Waals surface area (Å²) in [5.41, 5.74) is 0.577. The van der Waals surface area contributed by atoms with E-state index in [9.17, 15) is 4.79 Å². The van der Waals surface area contributed by atoms with E-state index < -0.39 is 5.97 Å². The maximum absolute atomic E-state index is 11.0. The number of aromatic carboxylic acids is 1. The van der Waals surface area contributed by atoms with Gasteiger partial charge in [-0.2, -0.15) is 0 Å². The topological polar surface area (TPSA) is 72.3 Å². The van der Waals surface area contributed by atoms with Crippen LogP contribution in [0.4, 0.5) is 0 Å². The van der Waals surface area contributed by atoms with Crippen LogP contribution in [-0.2, 0) is 11.3 Å². The van der Waals surface area contributed by atoms with Crippen LogP contribution in [0, 0.1) is 11.8 Å². The number of hydrogen-bond donors (Lipinski definition) is 1. The highest BCUT2D eigenvalue weighted by atomic mass is 16.5. The number of nitrogens with zero attached hydrogens (tertiary/aromatic N) is 2. The van der Waals surface area contributed by atoms with Crippen molar-refractivity contribution in [3.05, 3.63) is 23.8 Å². The van der Waals surface area contributed by atoms with Gasteiger partial charge in [0.25, 0.3) is 0 Å². The molecule has 2 unspecified atom stereocenters. The summed E-state index contributed by atoms with van der Waals surface area (Å²) in [5, 5.41) is 9.05. The van der Waals surface area contributed by atoms with Gasteiger partial charge in [-0.25, -0.2) is 14.8 Å². The van der Waals surface area contributed by atoms with Crippen LogP contribution >= 0.6 is 0 Å². The molecule has 1 aromatic heterocycles. The predicted molar refractivity (Wildman–Crippen MR) is 69.7 cm³/mol. The number of carboxylic acids is 1. The van der Waals surface area contributed by atoms with Gasteiger partial charge in [0.1, 0.15) is 11.9 Å². The molecule has 0 spiro atoms. The Hall–Kier alpha value is -1.49. The third kappa shape index (κ3) is 3.73. The third-order valence-corrected chi connectivity index (χ3v) is 3.62. The zero-order chi connectivity index (χ0) is 13.8. The maximum Gasteiger partial charge on any atom is 0.339 e. The summed E-state index contributed by atoms with van der Waals surface area (Å²) in [6.45, 7) is 4.72. The summed E-state index contributed by atoms with van der Waals surface area (Å²) in [6, 6.07) is 0. The summed E-state index contributed by atoms with van der Waals surface area (Å²) in [5.74, 6) is 0.320. The van der Waals surface area contributed by atoms with Gasteiger partial charge in [0.05, 0.1) is 18.4 Å². The lowest BCUT2D eigenvalue weighted by molar-refractivity contribution is -0.0109. The van der Waals surface area contributed by atoms with E-state index in [1.807, 2.05) is 0 Å². The van der Waals surface area contributed by atoms with E-state index in [0.29, 0.717) is 17.5 Å². The minimum Gasteiger partial charge on any atom is -0.478 e. The van der Waals surface area contributed by atoms with Crippen molar-refractivity contribution in [2.75, 3.05) is 0 Å². The molecule has 104 valence electrons. The van der Waals surface area contributed by atoms with Crippen LogP contribution in [0.2, 0.25) is 0 Å². The summed E-state index contributed by atoms with van der Waals surface area (Å²) >= 11 is 0. The fraction of sp³-hybridized carbons (Fsp3) is 0.643. The molecular formula is C14H20N2O3. The molecule has 0 bridgehead atoms. The average Bonchev–Trinajstić information content (AvgIpc) is 2.35. The molecular weight excluding hydrogens is 244 g/mol. The van der Waals surface area contributed by atoms with Crippen molar-refractivity contribution >= 4 is 5.97 Å². The van der Waals surface area contributed by atoms with E-state index in [-0.39, 0.29) is 18.3 Å². The van der Waals surface area contributed by atoms with Gasteiger partial charge < -0.3 is 9.84 Å². The van der Waals surface area contributed by atoms with E-state index in [2.05, 4.69) is 23.8 Å². The molecule has 0 aliphatic heterocycles. The second kappa shape index (κ2) is 6.10. The molecule has 1 heterocycles. The van der Waals surface area contributed by atoms with Crippen molar-refractivity contribution in [3.8, 4) is 0 Å². The van der Waals surface area contributed by atoms with Crippen LogP contribution in [0.15, 0.2) is 12.5 Å². The Bertz CT molecular complexity index is 440. The molecule has 0 amide bonds. The smallest absolute Gasteiger partial charge is 0.339 e. The van der Waals surface area contributed by atoms with Gasteiger partial charge in [-0.3, -0.25) is 0 Å². The molecule has 1 aliphatic carbocycles. The van der Waals surface area contributed by atoms with Crippen LogP contribution in [0.5, 0.6) is 0 Å². The normalized spacial score (nSPS) is 27.2. The summed E-state index contributed by atoms with van der Waals surface area (Å²) in [7, 11) is 0. The number of hydrogen-bond acceptors (Lipinski definition) is 4. The lowest BCUT2D eigenvalue weighted by atomic mass is 9.82. The van der Waals surface area contributed by atoms with Gasteiger partial charge in [-0.05, 0) is 31.1 Å². The molecule has 1 N–H and O–H groups in total. The molecule has 0 radical (unpaired) electrons. The quantitative estimate of drug-likeness (QED) is 0.904. The van der Waals surface area contributed by atoms with E-state index in [4.69, 9.17) is 9.84 Å². The highest BCUT2D eigenvalue weighted by molar-refractivity contribution is 5.88. The first-order chi connectivity index (χ1) is 9.06. The van der Waals surface area contributed by atoms with Crippen molar-refractivity contribution in [2.45, 2.75) is 45.8 Å². The third-order valence-electron chi connectivity index (χ3n) is 3.62. The number of ether oxygens (including phenoxy) is 1. The number of carbonyl (C=O) groups is 1. The summed E-state index contributed by atoms with van der Waals surface area (Å²) in [6.07, 6.45) is 6.20. The SMILES string of the molecule is CC1CC(C)CC(OCc2ncncc2C(=O)O)C1. The zero-order valence-electron chi connectivity index (χ0n) is 11.4. The number of carboxylic acid groups (broad SMARTS) is 1. The first kappa shape index (κ1) is 13.9. The van der Waals surface area contributed by atoms with Crippen molar-refractivity contribution in [1.82, 2.24) is 9.97 Å². The summed E-state index contributed by atoms with van der Waals surface area (Å²) < 4.78 is 5.85. The second-order valence-electron chi connectivity index (χ2n) is 5.54. The average molecular weight is 264 g/mol. The predicted octanol–water partition coefficient (Wildman–Crippen LogP) is 2.52. The monoisotopic (exact) mass is 264 g/mol. The number of aromatic nitrogens is 2. The van der Waals surface area contributed by atoms with Crippen molar-refractivity contribution in [1.29, 1.82) is 0 Å². The molecule has 1 aromatic rings. The molecule has 5 heteroatoms.